The third-order valence-electron chi connectivity index (χ3n) is 4.85. The van der Waals surface area contributed by atoms with Gasteiger partial charge in [-0.05, 0) is 45.3 Å². The van der Waals surface area contributed by atoms with Gasteiger partial charge in [0, 0.05) is 30.6 Å². The van der Waals surface area contributed by atoms with E-state index in [0.29, 0.717) is 22.5 Å². The zero-order chi connectivity index (χ0) is 28.1. The topological polar surface area (TPSA) is 119 Å². The van der Waals surface area contributed by atoms with Gasteiger partial charge in [0.15, 0.2) is 5.69 Å². The van der Waals surface area contributed by atoms with E-state index in [1.165, 1.54) is 17.3 Å². The summed E-state index contributed by atoms with van der Waals surface area (Å²) in [5.74, 6) is -0.196. The number of aryl methyl sites for hydroxylation is 1. The SMILES string of the molecule is Cc1nsc(Cc2cncc(C(F)(F)F)n2)c1C(=O)Nc1ccc(OCCN(C)C(=O)OC(C)(C)C)nc1. The monoisotopic (exact) mass is 552 g/mol. The third kappa shape index (κ3) is 8.10. The summed E-state index contributed by atoms with van der Waals surface area (Å²) in [5.41, 5.74) is -0.573. The van der Waals surface area contributed by atoms with Gasteiger partial charge in [0.25, 0.3) is 5.91 Å². The molecule has 0 radical (unpaired) electrons. The molecule has 0 aliphatic carbocycles. The molecule has 204 valence electrons. The number of likely N-dealkylation sites (N-methyl/N-ethyl adjacent to an activating group) is 1. The van der Waals surface area contributed by atoms with Gasteiger partial charge in [-0.15, -0.1) is 0 Å². The molecule has 0 spiro atoms. The van der Waals surface area contributed by atoms with Crippen LogP contribution in [0.5, 0.6) is 5.88 Å². The van der Waals surface area contributed by atoms with E-state index in [4.69, 9.17) is 9.47 Å². The first-order chi connectivity index (χ1) is 17.7. The first kappa shape index (κ1) is 28.8. The number of anilines is 1. The number of pyridine rings is 1. The molecule has 3 aromatic heterocycles. The highest BCUT2D eigenvalue weighted by Gasteiger charge is 2.33. The number of nitrogens with one attached hydrogen (secondary N) is 1. The van der Waals surface area contributed by atoms with Gasteiger partial charge >= 0.3 is 12.3 Å². The zero-order valence-corrected chi connectivity index (χ0v) is 22.2. The van der Waals surface area contributed by atoms with Crippen LogP contribution < -0.4 is 10.1 Å². The number of carbonyl (C=O) groups is 2. The van der Waals surface area contributed by atoms with E-state index in [0.717, 1.165) is 11.5 Å². The average molecular weight is 553 g/mol. The molecule has 0 atom stereocenters. The number of halogens is 3. The van der Waals surface area contributed by atoms with Gasteiger partial charge in [0.2, 0.25) is 5.88 Å². The summed E-state index contributed by atoms with van der Waals surface area (Å²) in [7, 11) is 1.60. The molecule has 3 rings (SSSR count). The van der Waals surface area contributed by atoms with Crippen LogP contribution in [-0.4, -0.2) is 62.0 Å². The third-order valence-corrected chi connectivity index (χ3v) is 5.79. The maximum atomic E-state index is 13.0. The van der Waals surface area contributed by atoms with Crippen molar-refractivity contribution in [2.24, 2.45) is 0 Å². The zero-order valence-electron chi connectivity index (χ0n) is 21.4. The van der Waals surface area contributed by atoms with Gasteiger partial charge in [-0.25, -0.2) is 14.8 Å². The van der Waals surface area contributed by atoms with Crippen molar-refractivity contribution >= 4 is 29.2 Å². The number of alkyl halides is 3. The van der Waals surface area contributed by atoms with Crippen LogP contribution in [0.4, 0.5) is 23.7 Å². The number of amides is 2. The van der Waals surface area contributed by atoms with Crippen LogP contribution >= 0.6 is 11.5 Å². The van der Waals surface area contributed by atoms with Crippen LogP contribution in [0.2, 0.25) is 0 Å². The molecule has 0 saturated heterocycles. The summed E-state index contributed by atoms with van der Waals surface area (Å²) in [6.45, 7) is 7.43. The van der Waals surface area contributed by atoms with Crippen molar-refractivity contribution in [3.05, 3.63) is 58.2 Å². The molecule has 0 bridgehead atoms. The summed E-state index contributed by atoms with van der Waals surface area (Å²) >= 11 is 1.01. The summed E-state index contributed by atoms with van der Waals surface area (Å²) in [4.78, 5) is 38.2. The molecule has 1 N–H and O–H groups in total. The normalized spacial score (nSPS) is 11.7. The molecular weight excluding hydrogens is 525 g/mol. The van der Waals surface area contributed by atoms with Crippen LogP contribution in [0.1, 0.15) is 53.1 Å². The van der Waals surface area contributed by atoms with Crippen LogP contribution in [-0.2, 0) is 17.3 Å². The summed E-state index contributed by atoms with van der Waals surface area (Å²) in [6, 6.07) is 3.14. The van der Waals surface area contributed by atoms with E-state index in [1.54, 1.807) is 46.9 Å². The van der Waals surface area contributed by atoms with Gasteiger partial charge in [-0.1, -0.05) is 0 Å². The Labute approximate surface area is 221 Å². The number of rotatable bonds is 8. The quantitative estimate of drug-likeness (QED) is 0.426. The minimum absolute atomic E-state index is 0.0338. The van der Waals surface area contributed by atoms with E-state index >= 15 is 0 Å². The summed E-state index contributed by atoms with van der Waals surface area (Å²) in [5, 5.41) is 2.71. The lowest BCUT2D eigenvalue weighted by molar-refractivity contribution is -0.141. The molecule has 0 aliphatic rings. The molecule has 0 unspecified atom stereocenters. The van der Waals surface area contributed by atoms with Crippen LogP contribution in [0.3, 0.4) is 0 Å². The second-order valence-electron chi connectivity index (χ2n) is 9.23. The van der Waals surface area contributed by atoms with Crippen molar-refractivity contribution in [1.29, 1.82) is 0 Å². The summed E-state index contributed by atoms with van der Waals surface area (Å²) < 4.78 is 53.9. The van der Waals surface area contributed by atoms with Crippen LogP contribution in [0.15, 0.2) is 30.7 Å². The molecule has 2 amide bonds. The highest BCUT2D eigenvalue weighted by atomic mass is 32.1. The van der Waals surface area contributed by atoms with E-state index in [1.807, 2.05) is 0 Å². The number of nitrogens with zero attached hydrogens (tertiary/aromatic N) is 5. The van der Waals surface area contributed by atoms with Crippen molar-refractivity contribution in [2.75, 3.05) is 25.5 Å². The van der Waals surface area contributed by atoms with Crippen molar-refractivity contribution in [3.63, 3.8) is 0 Å². The van der Waals surface area contributed by atoms with Crippen LogP contribution in [0.25, 0.3) is 0 Å². The Bertz CT molecular complexity index is 1280. The molecule has 0 fully saturated rings. The number of ether oxygens (including phenoxy) is 2. The number of hydrogen-bond donors (Lipinski definition) is 1. The lowest BCUT2D eigenvalue weighted by Crippen LogP contribution is -2.36. The Morgan fingerprint density at radius 2 is 1.87 bits per heavy atom. The fraction of sp³-hybridized carbons (Fsp3) is 0.417. The number of aromatic nitrogens is 4. The molecule has 0 saturated carbocycles. The molecule has 10 nitrogen and oxygen atoms in total. The van der Waals surface area contributed by atoms with E-state index in [9.17, 15) is 22.8 Å². The Hall–Kier alpha value is -3.81. The molecule has 38 heavy (non-hydrogen) atoms. The van der Waals surface area contributed by atoms with Crippen molar-refractivity contribution in [2.45, 2.75) is 45.9 Å². The smallest absolute Gasteiger partial charge is 0.434 e. The minimum Gasteiger partial charge on any atom is -0.476 e. The lowest BCUT2D eigenvalue weighted by atomic mass is 10.1. The number of carbonyl (C=O) groups excluding carboxylic acids is 2. The van der Waals surface area contributed by atoms with E-state index < -0.39 is 29.5 Å². The van der Waals surface area contributed by atoms with Gasteiger partial charge in [-0.3, -0.25) is 9.78 Å². The summed E-state index contributed by atoms with van der Waals surface area (Å²) in [6.07, 6.45) is -1.85. The largest absolute Gasteiger partial charge is 0.476 e. The Balaban J connectivity index is 1.59. The van der Waals surface area contributed by atoms with Crippen molar-refractivity contribution < 1.29 is 32.2 Å². The fourth-order valence-corrected chi connectivity index (χ4v) is 3.95. The van der Waals surface area contributed by atoms with Gasteiger partial charge in [0.1, 0.15) is 12.2 Å². The molecule has 3 heterocycles. The Morgan fingerprint density at radius 1 is 1.13 bits per heavy atom. The second-order valence-corrected chi connectivity index (χ2v) is 10.1. The average Bonchev–Trinajstić information content (AvgIpc) is 3.18. The van der Waals surface area contributed by atoms with Gasteiger partial charge in [0.05, 0.1) is 41.6 Å². The van der Waals surface area contributed by atoms with Crippen molar-refractivity contribution in [1.82, 2.24) is 24.2 Å². The molecule has 0 aromatic carbocycles. The predicted octanol–water partition coefficient (Wildman–Crippen LogP) is 4.74. The highest BCUT2D eigenvalue weighted by molar-refractivity contribution is 7.06. The molecular formula is C24H27F3N6O4S. The Morgan fingerprint density at radius 3 is 2.50 bits per heavy atom. The first-order valence-electron chi connectivity index (χ1n) is 11.4. The second kappa shape index (κ2) is 11.7. The number of hydrogen-bond acceptors (Lipinski definition) is 9. The molecule has 3 aromatic rings. The predicted molar refractivity (Wildman–Crippen MR) is 133 cm³/mol. The standard InChI is InChI=1S/C24H27F3N6O4S/c1-14-20(17(38-32-14)10-16-11-28-13-18(30-16)24(25,26)27)21(34)31-15-6-7-19(29-12-15)36-9-8-33(5)22(35)37-23(2,3)4/h6-7,11-13H,8-10H2,1-5H3,(H,31,34). The van der Waals surface area contributed by atoms with Gasteiger partial charge < -0.3 is 19.7 Å². The maximum absolute atomic E-state index is 13.0. The highest BCUT2D eigenvalue weighted by Crippen LogP contribution is 2.28. The van der Waals surface area contributed by atoms with Crippen molar-refractivity contribution in [3.8, 4) is 5.88 Å². The van der Waals surface area contributed by atoms with E-state index in [2.05, 4.69) is 24.6 Å². The minimum atomic E-state index is -4.62. The van der Waals surface area contributed by atoms with Crippen LogP contribution in [0, 0.1) is 6.92 Å². The fourth-order valence-electron chi connectivity index (χ4n) is 3.07. The molecule has 14 heteroatoms. The Kier molecular flexibility index (Phi) is 8.86. The first-order valence-corrected chi connectivity index (χ1v) is 12.2. The van der Waals surface area contributed by atoms with Gasteiger partial charge in [-0.2, -0.15) is 17.5 Å². The molecule has 0 aliphatic heterocycles. The maximum Gasteiger partial charge on any atom is 0.434 e. The lowest BCUT2D eigenvalue weighted by Gasteiger charge is -2.24. The van der Waals surface area contributed by atoms with E-state index in [-0.39, 0.29) is 36.7 Å².